The van der Waals surface area contributed by atoms with E-state index in [0.717, 1.165) is 24.4 Å². The third-order valence-electron chi connectivity index (χ3n) is 3.93. The average molecular weight is 326 g/mol. The van der Waals surface area contributed by atoms with Gasteiger partial charge in [0, 0.05) is 25.2 Å². The van der Waals surface area contributed by atoms with Crippen molar-refractivity contribution >= 4 is 11.6 Å². The number of anilines is 1. The van der Waals surface area contributed by atoms with Crippen LogP contribution in [0.4, 0.5) is 5.69 Å². The molecule has 4 nitrogen and oxygen atoms in total. The van der Waals surface area contributed by atoms with E-state index >= 15 is 0 Å². The summed E-state index contributed by atoms with van der Waals surface area (Å²) in [6.07, 6.45) is 1.42. The molecule has 2 aromatic carbocycles. The molecule has 0 unspecified atom stereocenters. The summed E-state index contributed by atoms with van der Waals surface area (Å²) in [4.78, 5) is 14.2. The zero-order valence-corrected chi connectivity index (χ0v) is 14.5. The lowest BCUT2D eigenvalue weighted by Gasteiger charge is -2.21. The fourth-order valence-electron chi connectivity index (χ4n) is 2.63. The van der Waals surface area contributed by atoms with Gasteiger partial charge in [-0.3, -0.25) is 4.79 Å². The average Bonchev–Trinajstić information content (AvgIpc) is 2.63. The number of carbonyl (C=O) groups is 1. The van der Waals surface area contributed by atoms with E-state index in [9.17, 15) is 4.79 Å². The van der Waals surface area contributed by atoms with Gasteiger partial charge in [-0.05, 0) is 49.7 Å². The summed E-state index contributed by atoms with van der Waals surface area (Å²) >= 11 is 0. The summed E-state index contributed by atoms with van der Waals surface area (Å²) in [5.74, 6) is 1.03. The summed E-state index contributed by atoms with van der Waals surface area (Å²) < 4.78 is 5.22. The van der Waals surface area contributed by atoms with Gasteiger partial charge in [-0.15, -0.1) is 0 Å². The molecule has 4 heteroatoms. The molecule has 0 aromatic heterocycles. The zero-order chi connectivity index (χ0) is 17.2. The van der Waals surface area contributed by atoms with Gasteiger partial charge in [0.2, 0.25) is 5.91 Å². The summed E-state index contributed by atoms with van der Waals surface area (Å²) in [5.41, 5.74) is 2.19. The van der Waals surface area contributed by atoms with E-state index in [-0.39, 0.29) is 5.91 Å². The highest BCUT2D eigenvalue weighted by atomic mass is 16.5. The van der Waals surface area contributed by atoms with E-state index < -0.39 is 0 Å². The van der Waals surface area contributed by atoms with Crippen molar-refractivity contribution in [3.05, 3.63) is 60.2 Å². The Kier molecular flexibility index (Phi) is 7.30. The molecule has 0 saturated carbocycles. The highest BCUT2D eigenvalue weighted by molar-refractivity contribution is 5.93. The van der Waals surface area contributed by atoms with Crippen molar-refractivity contribution in [3.63, 3.8) is 0 Å². The Hall–Kier alpha value is -2.33. The summed E-state index contributed by atoms with van der Waals surface area (Å²) in [7, 11) is 1.68. The molecule has 1 amide bonds. The molecule has 2 aromatic rings. The largest absolute Gasteiger partial charge is 0.497 e. The van der Waals surface area contributed by atoms with E-state index in [1.165, 1.54) is 5.56 Å². The molecule has 0 aliphatic rings. The van der Waals surface area contributed by atoms with Crippen molar-refractivity contribution < 1.29 is 9.53 Å². The molecule has 1 N–H and O–H groups in total. The number of rotatable bonds is 9. The molecule has 0 aliphatic carbocycles. The molecule has 0 radical (unpaired) electrons. The van der Waals surface area contributed by atoms with Crippen LogP contribution in [0.1, 0.15) is 18.9 Å². The number of methoxy groups -OCH3 is 1. The van der Waals surface area contributed by atoms with Gasteiger partial charge >= 0.3 is 0 Å². The van der Waals surface area contributed by atoms with Crippen LogP contribution in [0, 0.1) is 0 Å². The zero-order valence-electron chi connectivity index (χ0n) is 14.5. The molecule has 0 fully saturated rings. The first-order valence-corrected chi connectivity index (χ1v) is 8.43. The summed E-state index contributed by atoms with van der Waals surface area (Å²) in [6.45, 7) is 4.22. The van der Waals surface area contributed by atoms with Gasteiger partial charge in [0.25, 0.3) is 0 Å². The predicted molar refractivity (Wildman–Crippen MR) is 98.7 cm³/mol. The third kappa shape index (κ3) is 5.39. The smallest absolute Gasteiger partial charge is 0.228 e. The molecule has 0 spiro atoms. The van der Waals surface area contributed by atoms with Gasteiger partial charge < -0.3 is 15.0 Å². The Balaban J connectivity index is 1.72. The topological polar surface area (TPSA) is 41.6 Å². The normalized spacial score (nSPS) is 10.4. The van der Waals surface area contributed by atoms with E-state index in [4.69, 9.17) is 4.74 Å². The minimum absolute atomic E-state index is 0.151. The monoisotopic (exact) mass is 326 g/mol. The van der Waals surface area contributed by atoms with Gasteiger partial charge in [0.05, 0.1) is 7.11 Å². The van der Waals surface area contributed by atoms with Crippen LogP contribution in [0.15, 0.2) is 54.6 Å². The lowest BCUT2D eigenvalue weighted by Crippen LogP contribution is -2.33. The van der Waals surface area contributed by atoms with Gasteiger partial charge in [-0.25, -0.2) is 0 Å². The first-order chi connectivity index (χ1) is 11.7. The number of benzene rings is 2. The van der Waals surface area contributed by atoms with Crippen LogP contribution in [0.25, 0.3) is 0 Å². The molecular weight excluding hydrogens is 300 g/mol. The maximum Gasteiger partial charge on any atom is 0.228 e. The Bertz CT molecular complexity index is 629. The summed E-state index contributed by atoms with van der Waals surface area (Å²) in [6, 6.07) is 17.9. The molecule has 0 aliphatic heterocycles. The third-order valence-corrected chi connectivity index (χ3v) is 3.93. The van der Waals surface area contributed by atoms with Crippen molar-refractivity contribution in [1.29, 1.82) is 0 Å². The fourth-order valence-corrected chi connectivity index (χ4v) is 2.63. The van der Waals surface area contributed by atoms with E-state index in [1.54, 1.807) is 7.11 Å². The lowest BCUT2D eigenvalue weighted by molar-refractivity contribution is -0.118. The number of hydrogen-bond acceptors (Lipinski definition) is 3. The molecule has 0 bridgehead atoms. The van der Waals surface area contributed by atoms with Crippen LogP contribution in [0.2, 0.25) is 0 Å². The number of nitrogens with zero attached hydrogens (tertiary/aromatic N) is 1. The van der Waals surface area contributed by atoms with E-state index in [0.29, 0.717) is 19.5 Å². The molecule has 2 rings (SSSR count). The molecular formula is C20H26N2O2. The predicted octanol–water partition coefficient (Wildman–Crippen LogP) is 3.27. The molecule has 0 heterocycles. The van der Waals surface area contributed by atoms with Crippen LogP contribution in [-0.4, -0.2) is 32.7 Å². The molecule has 24 heavy (non-hydrogen) atoms. The number of carbonyl (C=O) groups excluding carboxylic acids is 1. The number of hydrogen-bond donors (Lipinski definition) is 1. The van der Waals surface area contributed by atoms with Crippen molar-refractivity contribution in [2.75, 3.05) is 31.6 Å². The first-order valence-electron chi connectivity index (χ1n) is 8.43. The Morgan fingerprint density at radius 1 is 1.08 bits per heavy atom. The number of para-hydroxylation sites is 1. The Morgan fingerprint density at radius 3 is 2.58 bits per heavy atom. The molecule has 0 atom stereocenters. The van der Waals surface area contributed by atoms with Gasteiger partial charge in [-0.2, -0.15) is 0 Å². The maximum absolute atomic E-state index is 12.4. The van der Waals surface area contributed by atoms with Gasteiger partial charge in [0.1, 0.15) is 5.75 Å². The van der Waals surface area contributed by atoms with E-state index in [2.05, 4.69) is 11.4 Å². The fraction of sp³-hybridized carbons (Fsp3) is 0.350. The van der Waals surface area contributed by atoms with Crippen LogP contribution >= 0.6 is 0 Å². The van der Waals surface area contributed by atoms with Gasteiger partial charge in [0.15, 0.2) is 0 Å². The number of amides is 1. The van der Waals surface area contributed by atoms with E-state index in [1.807, 2.05) is 60.4 Å². The minimum Gasteiger partial charge on any atom is -0.497 e. The van der Waals surface area contributed by atoms with Gasteiger partial charge in [-0.1, -0.05) is 30.3 Å². The van der Waals surface area contributed by atoms with Crippen molar-refractivity contribution in [2.45, 2.75) is 19.8 Å². The van der Waals surface area contributed by atoms with Crippen molar-refractivity contribution in [2.24, 2.45) is 0 Å². The second-order valence-electron chi connectivity index (χ2n) is 5.58. The van der Waals surface area contributed by atoms with Crippen LogP contribution in [0.5, 0.6) is 5.75 Å². The second-order valence-corrected chi connectivity index (χ2v) is 5.58. The maximum atomic E-state index is 12.4. The first kappa shape index (κ1) is 18.0. The second kappa shape index (κ2) is 9.73. The quantitative estimate of drug-likeness (QED) is 0.719. The van der Waals surface area contributed by atoms with Crippen LogP contribution in [-0.2, 0) is 11.2 Å². The van der Waals surface area contributed by atoms with Crippen molar-refractivity contribution in [3.8, 4) is 5.75 Å². The Labute approximate surface area is 144 Å². The highest BCUT2D eigenvalue weighted by Gasteiger charge is 2.12. The standard InChI is InChI=1S/C20H26N2O2/c1-3-22(18-9-5-4-6-10-18)20(23)13-15-21-14-12-17-8-7-11-19(16-17)24-2/h4-11,16,21H,3,12-15H2,1-2H3. The van der Waals surface area contributed by atoms with Crippen molar-refractivity contribution in [1.82, 2.24) is 5.32 Å². The SMILES string of the molecule is CCN(C(=O)CCNCCc1cccc(OC)c1)c1ccccc1. The van der Waals surface area contributed by atoms with Crippen LogP contribution in [0.3, 0.4) is 0 Å². The molecule has 0 saturated heterocycles. The van der Waals surface area contributed by atoms with Crippen LogP contribution < -0.4 is 15.0 Å². The number of nitrogens with one attached hydrogen (secondary N) is 1. The Morgan fingerprint density at radius 2 is 1.88 bits per heavy atom. The minimum atomic E-state index is 0.151. The lowest BCUT2D eigenvalue weighted by atomic mass is 10.1. The summed E-state index contributed by atoms with van der Waals surface area (Å²) in [5, 5.41) is 3.34. The number of ether oxygens (including phenoxy) is 1. The molecule has 128 valence electrons. The highest BCUT2D eigenvalue weighted by Crippen LogP contribution is 2.14.